The molecule has 0 aromatic carbocycles. The van der Waals surface area contributed by atoms with Gasteiger partial charge in [0.1, 0.15) is 11.5 Å². The molecule has 0 bridgehead atoms. The van der Waals surface area contributed by atoms with Crippen molar-refractivity contribution in [3.8, 4) is 0 Å². The number of carbonyl (C=O) groups excluding carboxylic acids is 1. The second-order valence-electron chi connectivity index (χ2n) is 2.04. The van der Waals surface area contributed by atoms with Crippen LogP contribution in [0.15, 0.2) is 12.3 Å². The fraction of sp³-hybridized carbons (Fsp3) is 0.143. The summed E-state index contributed by atoms with van der Waals surface area (Å²) in [6.45, 7) is 1.17. The number of carbonyl (C=O) groups is 1. The summed E-state index contributed by atoms with van der Waals surface area (Å²) in [5.41, 5.74) is -0.327. The standard InChI is InChI=1S/C7H5F2NO/c1-4(11)7-6(9)2-5(8)3-10-7/h2-3H,1H3. The Balaban J connectivity index is 3.20. The van der Waals surface area contributed by atoms with Crippen molar-refractivity contribution in [1.82, 2.24) is 4.98 Å². The number of pyridine rings is 1. The Morgan fingerprint density at radius 2 is 2.18 bits per heavy atom. The maximum Gasteiger partial charge on any atom is 0.181 e. The second kappa shape index (κ2) is 2.74. The average molecular weight is 157 g/mol. The molecule has 0 saturated carbocycles. The van der Waals surface area contributed by atoms with Crippen LogP contribution in [0.2, 0.25) is 0 Å². The van der Waals surface area contributed by atoms with E-state index in [-0.39, 0.29) is 5.69 Å². The monoisotopic (exact) mass is 157 g/mol. The van der Waals surface area contributed by atoms with Crippen LogP contribution in [-0.2, 0) is 0 Å². The Hall–Kier alpha value is -1.32. The molecule has 0 spiro atoms. The number of ketones is 1. The Labute approximate surface area is 61.9 Å². The normalized spacial score (nSPS) is 9.73. The molecule has 1 heterocycles. The number of nitrogens with zero attached hydrogens (tertiary/aromatic N) is 1. The van der Waals surface area contributed by atoms with Gasteiger partial charge in [-0.05, 0) is 0 Å². The van der Waals surface area contributed by atoms with Crippen LogP contribution in [0.3, 0.4) is 0 Å². The van der Waals surface area contributed by atoms with E-state index in [1.54, 1.807) is 0 Å². The zero-order chi connectivity index (χ0) is 8.43. The van der Waals surface area contributed by atoms with Crippen molar-refractivity contribution >= 4 is 5.78 Å². The van der Waals surface area contributed by atoms with E-state index in [0.717, 1.165) is 6.20 Å². The molecule has 1 rings (SSSR count). The zero-order valence-corrected chi connectivity index (χ0v) is 5.77. The van der Waals surface area contributed by atoms with Crippen molar-refractivity contribution in [2.45, 2.75) is 6.92 Å². The van der Waals surface area contributed by atoms with Gasteiger partial charge in [0, 0.05) is 13.0 Å². The number of hydrogen-bond donors (Lipinski definition) is 0. The van der Waals surface area contributed by atoms with Gasteiger partial charge in [-0.25, -0.2) is 13.8 Å². The predicted molar refractivity (Wildman–Crippen MR) is 34.2 cm³/mol. The highest BCUT2D eigenvalue weighted by atomic mass is 19.1. The van der Waals surface area contributed by atoms with E-state index in [1.807, 2.05) is 0 Å². The van der Waals surface area contributed by atoms with Crippen molar-refractivity contribution in [3.05, 3.63) is 29.6 Å². The molecule has 0 aliphatic carbocycles. The lowest BCUT2D eigenvalue weighted by Gasteiger charge is -1.95. The van der Waals surface area contributed by atoms with Crippen LogP contribution in [0.25, 0.3) is 0 Å². The first kappa shape index (κ1) is 7.78. The van der Waals surface area contributed by atoms with E-state index in [1.165, 1.54) is 6.92 Å². The van der Waals surface area contributed by atoms with E-state index in [2.05, 4.69) is 4.98 Å². The van der Waals surface area contributed by atoms with Crippen molar-refractivity contribution in [2.75, 3.05) is 0 Å². The van der Waals surface area contributed by atoms with Crippen LogP contribution in [0.5, 0.6) is 0 Å². The average Bonchev–Trinajstić information content (AvgIpc) is 1.85. The van der Waals surface area contributed by atoms with Gasteiger partial charge in [-0.1, -0.05) is 0 Å². The van der Waals surface area contributed by atoms with Crippen LogP contribution in [0.4, 0.5) is 8.78 Å². The van der Waals surface area contributed by atoms with Crippen LogP contribution in [0, 0.1) is 11.6 Å². The third-order valence-corrected chi connectivity index (χ3v) is 1.14. The van der Waals surface area contributed by atoms with Gasteiger partial charge in [0.05, 0.1) is 6.20 Å². The molecule has 0 saturated heterocycles. The summed E-state index contributed by atoms with van der Waals surface area (Å²) in [6, 6.07) is 0.629. The van der Waals surface area contributed by atoms with Crippen molar-refractivity contribution in [2.24, 2.45) is 0 Å². The smallest absolute Gasteiger partial charge is 0.181 e. The molecule has 0 fully saturated rings. The maximum absolute atomic E-state index is 12.6. The highest BCUT2D eigenvalue weighted by Crippen LogP contribution is 2.05. The van der Waals surface area contributed by atoms with Gasteiger partial charge >= 0.3 is 0 Å². The van der Waals surface area contributed by atoms with Crippen LogP contribution in [-0.4, -0.2) is 10.8 Å². The molecule has 1 aromatic rings. The molecule has 1 aromatic heterocycles. The summed E-state index contributed by atoms with van der Waals surface area (Å²) < 4.78 is 24.8. The largest absolute Gasteiger partial charge is 0.293 e. The zero-order valence-electron chi connectivity index (χ0n) is 5.77. The molecular formula is C7H5F2NO. The summed E-state index contributed by atoms with van der Waals surface area (Å²) in [5, 5.41) is 0. The maximum atomic E-state index is 12.6. The van der Waals surface area contributed by atoms with E-state index in [9.17, 15) is 13.6 Å². The third-order valence-electron chi connectivity index (χ3n) is 1.14. The van der Waals surface area contributed by atoms with Crippen molar-refractivity contribution in [1.29, 1.82) is 0 Å². The number of hydrogen-bond acceptors (Lipinski definition) is 2. The molecule has 11 heavy (non-hydrogen) atoms. The van der Waals surface area contributed by atoms with Gasteiger partial charge in [-0.3, -0.25) is 4.79 Å². The minimum atomic E-state index is -0.919. The minimum Gasteiger partial charge on any atom is -0.293 e. The summed E-state index contributed by atoms with van der Waals surface area (Å²) in [4.78, 5) is 13.8. The number of aromatic nitrogens is 1. The summed E-state index contributed by atoms with van der Waals surface area (Å²) in [7, 11) is 0. The Morgan fingerprint density at radius 3 is 2.64 bits per heavy atom. The topological polar surface area (TPSA) is 30.0 Å². The second-order valence-corrected chi connectivity index (χ2v) is 2.04. The van der Waals surface area contributed by atoms with Gasteiger partial charge < -0.3 is 0 Å². The first-order valence-electron chi connectivity index (χ1n) is 2.93. The first-order valence-corrected chi connectivity index (χ1v) is 2.93. The molecular weight excluding hydrogens is 152 g/mol. The molecule has 0 aliphatic heterocycles. The fourth-order valence-electron chi connectivity index (χ4n) is 0.674. The highest BCUT2D eigenvalue weighted by Gasteiger charge is 2.08. The molecule has 0 aliphatic rings. The van der Waals surface area contributed by atoms with Crippen LogP contribution >= 0.6 is 0 Å². The lowest BCUT2D eigenvalue weighted by atomic mass is 10.2. The molecule has 0 N–H and O–H groups in total. The summed E-state index contributed by atoms with van der Waals surface area (Å²) >= 11 is 0. The van der Waals surface area contributed by atoms with Gasteiger partial charge in [0.2, 0.25) is 0 Å². The van der Waals surface area contributed by atoms with Gasteiger partial charge in [0.15, 0.2) is 11.6 Å². The Morgan fingerprint density at radius 1 is 1.55 bits per heavy atom. The van der Waals surface area contributed by atoms with Crippen LogP contribution < -0.4 is 0 Å². The van der Waals surface area contributed by atoms with E-state index in [4.69, 9.17) is 0 Å². The van der Waals surface area contributed by atoms with Crippen molar-refractivity contribution < 1.29 is 13.6 Å². The van der Waals surface area contributed by atoms with E-state index < -0.39 is 17.4 Å². The summed E-state index contributed by atoms with van der Waals surface area (Å²) in [6.07, 6.45) is 0.805. The predicted octanol–water partition coefficient (Wildman–Crippen LogP) is 1.56. The Bertz CT molecular complexity index is 298. The van der Waals surface area contributed by atoms with Gasteiger partial charge in [0.25, 0.3) is 0 Å². The molecule has 0 unspecified atom stereocenters. The lowest BCUT2D eigenvalue weighted by molar-refractivity contribution is 0.100. The Kier molecular flexibility index (Phi) is 1.94. The molecule has 0 radical (unpaired) electrons. The summed E-state index contributed by atoms with van der Waals surface area (Å²) in [5.74, 6) is -2.22. The SMILES string of the molecule is CC(=O)c1ncc(F)cc1F. The molecule has 0 atom stereocenters. The van der Waals surface area contributed by atoms with Crippen LogP contribution in [0.1, 0.15) is 17.4 Å². The minimum absolute atomic E-state index is 0.327. The molecule has 58 valence electrons. The highest BCUT2D eigenvalue weighted by molar-refractivity contribution is 5.92. The van der Waals surface area contributed by atoms with Gasteiger partial charge in [-0.15, -0.1) is 0 Å². The fourth-order valence-corrected chi connectivity index (χ4v) is 0.674. The lowest BCUT2D eigenvalue weighted by Crippen LogP contribution is -2.01. The number of Topliss-reactive ketones (excluding diaryl/α,β-unsaturated/α-hetero) is 1. The number of rotatable bonds is 1. The molecule has 0 amide bonds. The third kappa shape index (κ3) is 1.58. The van der Waals surface area contributed by atoms with E-state index in [0.29, 0.717) is 6.07 Å². The quantitative estimate of drug-likeness (QED) is 0.579. The van der Waals surface area contributed by atoms with E-state index >= 15 is 0 Å². The van der Waals surface area contributed by atoms with Gasteiger partial charge in [-0.2, -0.15) is 0 Å². The first-order chi connectivity index (χ1) is 5.11. The molecule has 2 nitrogen and oxygen atoms in total. The van der Waals surface area contributed by atoms with Crippen molar-refractivity contribution in [3.63, 3.8) is 0 Å². The number of halogens is 2. The molecule has 4 heteroatoms.